The van der Waals surface area contributed by atoms with Crippen LogP contribution in [0.25, 0.3) is 21.7 Å². The molecule has 0 unspecified atom stereocenters. The van der Waals surface area contributed by atoms with Gasteiger partial charge < -0.3 is 21.4 Å². The van der Waals surface area contributed by atoms with Crippen molar-refractivity contribution in [3.8, 4) is 0 Å². The average molecular weight is 539 g/mol. The number of nitrogens with two attached hydrogens (primary N) is 2. The minimum Gasteiger partial charge on any atom is -0.390 e. The normalized spacial score (nSPS) is 19.1. The Labute approximate surface area is 237 Å². The largest absolute Gasteiger partial charge is 0.390 e. The fourth-order valence-electron chi connectivity index (χ4n) is 6.25. The topological polar surface area (TPSA) is 104 Å². The first kappa shape index (κ1) is 27.9. The first-order chi connectivity index (χ1) is 19.4. The number of para-hydroxylation sites is 1. The minimum atomic E-state index is -0.571. The smallest absolute Gasteiger partial charge is 0.240 e. The summed E-state index contributed by atoms with van der Waals surface area (Å²) in [5.41, 5.74) is 17.0. The highest BCUT2D eigenvalue weighted by atomic mass is 16.2. The number of hydrogen-bond acceptors (Lipinski definition) is 4. The van der Waals surface area contributed by atoms with E-state index in [9.17, 15) is 4.79 Å². The number of carbonyl (C=O) groups is 1. The van der Waals surface area contributed by atoms with E-state index in [-0.39, 0.29) is 18.0 Å². The summed E-state index contributed by atoms with van der Waals surface area (Å²) in [5, 5.41) is 3.67. The summed E-state index contributed by atoms with van der Waals surface area (Å²) >= 11 is 0. The van der Waals surface area contributed by atoms with E-state index in [2.05, 4.69) is 88.2 Å². The Morgan fingerprint density at radius 3 is 2.70 bits per heavy atom. The quantitative estimate of drug-likeness (QED) is 0.158. The summed E-state index contributed by atoms with van der Waals surface area (Å²) in [5.74, 6) is 0.0412. The third-order valence-corrected chi connectivity index (χ3v) is 8.45. The molecule has 1 aliphatic heterocycles. The first-order valence-corrected chi connectivity index (χ1v) is 14.5. The molecule has 0 saturated carbocycles. The zero-order chi connectivity index (χ0) is 28.1. The van der Waals surface area contributed by atoms with E-state index in [4.69, 9.17) is 11.5 Å². The van der Waals surface area contributed by atoms with E-state index in [1.54, 1.807) is 0 Å². The zero-order valence-corrected chi connectivity index (χ0v) is 23.7. The molecule has 0 aliphatic carbocycles. The number of nitrogens with zero attached hydrogens (tertiary/aromatic N) is 3. The fourth-order valence-corrected chi connectivity index (χ4v) is 6.25. The van der Waals surface area contributed by atoms with Gasteiger partial charge >= 0.3 is 0 Å². The average Bonchev–Trinajstić information content (AvgIpc) is 3.29. The number of carbonyl (C=O) groups excluding carboxylic acids is 1. The van der Waals surface area contributed by atoms with Gasteiger partial charge in [0.15, 0.2) is 0 Å². The van der Waals surface area contributed by atoms with Crippen molar-refractivity contribution in [3.05, 3.63) is 83.6 Å². The van der Waals surface area contributed by atoms with Gasteiger partial charge in [-0.05, 0) is 67.5 Å². The molecule has 0 bridgehead atoms. The maximum absolute atomic E-state index is 13.8. The van der Waals surface area contributed by atoms with E-state index in [1.165, 1.54) is 39.3 Å². The second-order valence-electron chi connectivity index (χ2n) is 11.2. The summed E-state index contributed by atoms with van der Waals surface area (Å²) in [4.78, 5) is 26.1. The summed E-state index contributed by atoms with van der Waals surface area (Å²) in [6, 6.07) is 22.9. The summed E-state index contributed by atoms with van der Waals surface area (Å²) in [6.45, 7) is 7.53. The highest BCUT2D eigenvalue weighted by Crippen LogP contribution is 2.25. The molecule has 1 saturated heterocycles. The molecular weight excluding hydrogens is 496 g/mol. The molecule has 2 heterocycles. The molecule has 1 aliphatic rings. The molecule has 5 rings (SSSR count). The number of piperazine rings is 1. The van der Waals surface area contributed by atoms with Gasteiger partial charge in [-0.25, -0.2) is 0 Å². The van der Waals surface area contributed by atoms with Gasteiger partial charge in [0.25, 0.3) is 0 Å². The predicted molar refractivity (Wildman–Crippen MR) is 166 cm³/mol. The van der Waals surface area contributed by atoms with E-state index in [0.717, 1.165) is 37.9 Å². The molecule has 1 aromatic heterocycles. The van der Waals surface area contributed by atoms with Crippen LogP contribution in [-0.4, -0.2) is 71.3 Å². The van der Waals surface area contributed by atoms with Crippen molar-refractivity contribution in [2.24, 2.45) is 16.5 Å². The number of aromatic amines is 1. The second kappa shape index (κ2) is 12.7. The van der Waals surface area contributed by atoms with Gasteiger partial charge in [0.2, 0.25) is 5.91 Å². The molecular formula is C33H42N6O. The molecule has 0 spiro atoms. The summed E-state index contributed by atoms with van der Waals surface area (Å²) < 4.78 is 0. The molecule has 40 heavy (non-hydrogen) atoms. The van der Waals surface area contributed by atoms with Crippen molar-refractivity contribution in [1.29, 1.82) is 0 Å². The maximum atomic E-state index is 13.8. The van der Waals surface area contributed by atoms with Crippen LogP contribution in [0.4, 0.5) is 0 Å². The lowest BCUT2D eigenvalue weighted by Crippen LogP contribution is -2.62. The van der Waals surface area contributed by atoms with Crippen LogP contribution >= 0.6 is 0 Å². The number of aliphatic imine (C=N–C) groups is 1. The van der Waals surface area contributed by atoms with Crippen molar-refractivity contribution in [3.63, 3.8) is 0 Å². The minimum absolute atomic E-state index is 0.0412. The molecule has 3 atom stereocenters. The lowest BCUT2D eigenvalue weighted by atomic mass is 9.97. The summed E-state index contributed by atoms with van der Waals surface area (Å²) in [6.07, 6.45) is 4.62. The number of rotatable bonds is 10. The van der Waals surface area contributed by atoms with Crippen LogP contribution in [0.3, 0.4) is 0 Å². The highest BCUT2D eigenvalue weighted by Gasteiger charge is 2.36. The lowest BCUT2D eigenvalue weighted by molar-refractivity contribution is -0.139. The molecule has 1 fully saturated rings. The van der Waals surface area contributed by atoms with E-state index >= 15 is 0 Å². The first-order valence-electron chi connectivity index (χ1n) is 14.5. The maximum Gasteiger partial charge on any atom is 0.240 e. The fraction of sp³-hybridized carbons (Fsp3) is 0.394. The Balaban J connectivity index is 1.28. The van der Waals surface area contributed by atoms with Crippen molar-refractivity contribution >= 4 is 33.9 Å². The van der Waals surface area contributed by atoms with Crippen LogP contribution in [0.5, 0.6) is 0 Å². The number of H-pyrrole nitrogens is 1. The van der Waals surface area contributed by atoms with Gasteiger partial charge in [0.05, 0.1) is 12.4 Å². The van der Waals surface area contributed by atoms with E-state index in [1.807, 2.05) is 12.1 Å². The number of aryl methyl sites for hydroxylation is 1. The van der Waals surface area contributed by atoms with Gasteiger partial charge in [0.1, 0.15) is 0 Å². The highest BCUT2D eigenvalue weighted by molar-refractivity contribution is 5.85. The van der Waals surface area contributed by atoms with Gasteiger partial charge in [-0.2, -0.15) is 0 Å². The Morgan fingerprint density at radius 2 is 1.88 bits per heavy atom. The Kier molecular flexibility index (Phi) is 8.82. The van der Waals surface area contributed by atoms with Crippen LogP contribution in [0, 0.1) is 6.92 Å². The molecule has 210 valence electrons. The molecule has 7 nitrogen and oxygen atoms in total. The molecule has 7 heteroatoms. The van der Waals surface area contributed by atoms with Crippen molar-refractivity contribution in [2.75, 3.05) is 26.2 Å². The van der Waals surface area contributed by atoms with Gasteiger partial charge in [-0.1, -0.05) is 60.7 Å². The SMILES string of the molecule is Cc1[nH]c2ccccc2c1CCN1C[C@H](CCCN=CN)N(C(=O)[C@H](N)Cc2ccc3ccccc3c2)C[C@H]1C. The standard InChI is InChI=1S/C33H42N6O/c1-23-20-39(33(40)31(35)19-25-13-14-26-8-3-4-9-27(26)18-25)28(10-7-16-36-22-34)21-38(23)17-15-29-24(2)37-32-12-6-5-11-30(29)32/h3-6,8-9,11-14,18,22-23,28,31,37H,7,10,15-17,19-21,35H2,1-2H3,(H2,34,36)/t23-,28+,31-/m1/s1. The Bertz CT molecular complexity index is 1480. The Hall–Kier alpha value is -3.68. The number of nitrogens with one attached hydrogen (secondary N) is 1. The summed E-state index contributed by atoms with van der Waals surface area (Å²) in [7, 11) is 0. The van der Waals surface area contributed by atoms with Crippen molar-refractivity contribution in [2.45, 2.75) is 57.7 Å². The molecule has 3 aromatic carbocycles. The number of fused-ring (bicyclic) bond motifs is 2. The van der Waals surface area contributed by atoms with Crippen LogP contribution < -0.4 is 11.5 Å². The zero-order valence-electron chi connectivity index (χ0n) is 23.7. The monoisotopic (exact) mass is 538 g/mol. The van der Waals surface area contributed by atoms with Crippen LogP contribution in [0.15, 0.2) is 71.7 Å². The third kappa shape index (κ3) is 6.21. The molecule has 5 N–H and O–H groups in total. The van der Waals surface area contributed by atoms with Crippen molar-refractivity contribution < 1.29 is 4.79 Å². The van der Waals surface area contributed by atoms with Crippen LogP contribution in [0.1, 0.15) is 36.6 Å². The van der Waals surface area contributed by atoms with E-state index < -0.39 is 6.04 Å². The third-order valence-electron chi connectivity index (χ3n) is 8.45. The number of amides is 1. The van der Waals surface area contributed by atoms with Crippen LogP contribution in [-0.2, 0) is 17.6 Å². The molecule has 0 radical (unpaired) electrons. The predicted octanol–water partition coefficient (Wildman–Crippen LogP) is 4.41. The van der Waals surface area contributed by atoms with Crippen LogP contribution in [0.2, 0.25) is 0 Å². The van der Waals surface area contributed by atoms with E-state index in [0.29, 0.717) is 19.5 Å². The molecule has 1 amide bonds. The lowest BCUT2D eigenvalue weighted by Gasteiger charge is -2.46. The number of aromatic nitrogens is 1. The number of benzene rings is 3. The molecule has 4 aromatic rings. The second-order valence-corrected chi connectivity index (χ2v) is 11.2. The van der Waals surface area contributed by atoms with Crippen molar-refractivity contribution in [1.82, 2.24) is 14.8 Å². The number of hydrogen-bond donors (Lipinski definition) is 3. The van der Waals surface area contributed by atoms with Gasteiger partial charge in [-0.15, -0.1) is 0 Å². The Morgan fingerprint density at radius 1 is 1.10 bits per heavy atom. The van der Waals surface area contributed by atoms with Gasteiger partial charge in [-0.3, -0.25) is 14.7 Å². The van der Waals surface area contributed by atoms with Gasteiger partial charge in [0, 0.05) is 54.9 Å².